The molecule has 2 rings (SSSR count). The van der Waals surface area contributed by atoms with Crippen molar-refractivity contribution in [3.63, 3.8) is 0 Å². The largest absolute Gasteiger partial charge is 0.482 e. The second-order valence-electron chi connectivity index (χ2n) is 3.21. The summed E-state index contributed by atoms with van der Waals surface area (Å²) in [7, 11) is 0. The van der Waals surface area contributed by atoms with Crippen LogP contribution in [0.4, 0.5) is 10.1 Å². The molecule has 84 valence electrons. The van der Waals surface area contributed by atoms with Crippen LogP contribution >= 0.6 is 0 Å². The Hall–Kier alpha value is -2.18. The van der Waals surface area contributed by atoms with Gasteiger partial charge in [-0.25, -0.2) is 4.39 Å². The van der Waals surface area contributed by atoms with E-state index in [1.807, 2.05) is 0 Å². The lowest BCUT2D eigenvalue weighted by Gasteiger charge is -2.11. The van der Waals surface area contributed by atoms with E-state index < -0.39 is 11.9 Å². The smallest absolute Gasteiger partial charge is 0.214 e. The zero-order valence-electron chi connectivity index (χ0n) is 8.51. The minimum Gasteiger partial charge on any atom is -0.482 e. The summed E-state index contributed by atoms with van der Waals surface area (Å²) >= 11 is 0. The highest BCUT2D eigenvalue weighted by Crippen LogP contribution is 2.22. The van der Waals surface area contributed by atoms with Gasteiger partial charge in [0.15, 0.2) is 6.10 Å². The molecule has 0 aliphatic heterocycles. The molecule has 0 unspecified atom stereocenters. The SMILES string of the molecule is C[C@H](Oc1ccc(N)c(F)c1)c1nn[nH]n1. The first-order valence-corrected chi connectivity index (χ1v) is 4.62. The standard InChI is InChI=1S/C9H10FN5O/c1-5(9-12-14-15-13-9)16-6-2-3-8(11)7(10)4-6/h2-5H,11H2,1H3,(H,12,13,14,15)/t5-/m0/s1. The van der Waals surface area contributed by atoms with Gasteiger partial charge >= 0.3 is 0 Å². The van der Waals surface area contributed by atoms with Crippen LogP contribution in [-0.4, -0.2) is 20.6 Å². The number of aromatic amines is 1. The number of H-pyrrole nitrogens is 1. The zero-order valence-corrected chi connectivity index (χ0v) is 8.51. The van der Waals surface area contributed by atoms with E-state index in [1.165, 1.54) is 12.1 Å². The van der Waals surface area contributed by atoms with Gasteiger partial charge in [0.05, 0.1) is 5.69 Å². The van der Waals surface area contributed by atoms with Crippen LogP contribution in [0, 0.1) is 5.82 Å². The van der Waals surface area contributed by atoms with Crippen molar-refractivity contribution in [2.24, 2.45) is 0 Å². The topological polar surface area (TPSA) is 89.7 Å². The summed E-state index contributed by atoms with van der Waals surface area (Å²) < 4.78 is 18.5. The van der Waals surface area contributed by atoms with Gasteiger partial charge in [0.2, 0.25) is 5.82 Å². The predicted octanol–water partition coefficient (Wildman–Crippen LogP) is 1.06. The fraction of sp³-hybridized carbons (Fsp3) is 0.222. The van der Waals surface area contributed by atoms with E-state index >= 15 is 0 Å². The summed E-state index contributed by atoms with van der Waals surface area (Å²) in [6.45, 7) is 1.74. The quantitative estimate of drug-likeness (QED) is 0.759. The molecular formula is C9H10FN5O. The van der Waals surface area contributed by atoms with Crippen molar-refractivity contribution in [3.8, 4) is 5.75 Å². The van der Waals surface area contributed by atoms with E-state index in [9.17, 15) is 4.39 Å². The fourth-order valence-electron chi connectivity index (χ4n) is 1.18. The number of halogens is 1. The maximum Gasteiger partial charge on any atom is 0.214 e. The summed E-state index contributed by atoms with van der Waals surface area (Å²) in [5.74, 6) is 0.249. The molecular weight excluding hydrogens is 213 g/mol. The Bertz CT molecular complexity index is 473. The third-order valence-corrected chi connectivity index (χ3v) is 2.01. The van der Waals surface area contributed by atoms with Crippen LogP contribution < -0.4 is 10.5 Å². The maximum atomic E-state index is 13.1. The molecule has 0 bridgehead atoms. The van der Waals surface area contributed by atoms with Crippen LogP contribution in [0.15, 0.2) is 18.2 Å². The minimum atomic E-state index is -0.516. The molecule has 0 aliphatic rings. The van der Waals surface area contributed by atoms with Gasteiger partial charge < -0.3 is 10.5 Å². The van der Waals surface area contributed by atoms with Gasteiger partial charge in [-0.2, -0.15) is 5.21 Å². The van der Waals surface area contributed by atoms with Crippen LogP contribution in [0.2, 0.25) is 0 Å². The number of nitrogens with two attached hydrogens (primary N) is 1. The number of nitrogens with one attached hydrogen (secondary N) is 1. The average Bonchev–Trinajstić information content (AvgIpc) is 2.77. The number of rotatable bonds is 3. The van der Waals surface area contributed by atoms with Crippen LogP contribution in [0.25, 0.3) is 0 Å². The molecule has 7 heteroatoms. The third kappa shape index (κ3) is 2.08. The Morgan fingerprint density at radius 2 is 2.31 bits per heavy atom. The molecule has 0 fully saturated rings. The number of tetrazole rings is 1. The number of ether oxygens (including phenoxy) is 1. The van der Waals surface area contributed by atoms with E-state index in [2.05, 4.69) is 20.6 Å². The van der Waals surface area contributed by atoms with Gasteiger partial charge in [0, 0.05) is 6.07 Å². The number of benzene rings is 1. The van der Waals surface area contributed by atoms with Crippen LogP contribution in [0.5, 0.6) is 5.75 Å². The van der Waals surface area contributed by atoms with E-state index in [0.717, 1.165) is 0 Å². The van der Waals surface area contributed by atoms with Crippen molar-refractivity contribution in [2.75, 3.05) is 5.73 Å². The summed E-state index contributed by atoms with van der Waals surface area (Å²) in [6, 6.07) is 4.23. The van der Waals surface area contributed by atoms with E-state index in [-0.39, 0.29) is 5.69 Å². The Balaban J connectivity index is 2.12. The number of hydrogen-bond donors (Lipinski definition) is 2. The van der Waals surface area contributed by atoms with Crippen molar-refractivity contribution >= 4 is 5.69 Å². The van der Waals surface area contributed by atoms with Gasteiger partial charge in [0.25, 0.3) is 0 Å². The zero-order chi connectivity index (χ0) is 11.5. The van der Waals surface area contributed by atoms with E-state index in [1.54, 1.807) is 13.0 Å². The summed E-state index contributed by atoms with van der Waals surface area (Å²) in [4.78, 5) is 0. The van der Waals surface area contributed by atoms with Gasteiger partial charge in [-0.15, -0.1) is 10.2 Å². The number of aromatic nitrogens is 4. The molecule has 0 radical (unpaired) electrons. The normalized spacial score (nSPS) is 12.4. The molecule has 0 amide bonds. The highest BCUT2D eigenvalue weighted by Gasteiger charge is 2.12. The lowest BCUT2D eigenvalue weighted by atomic mass is 10.3. The van der Waals surface area contributed by atoms with Gasteiger partial charge in [0.1, 0.15) is 11.6 Å². The highest BCUT2D eigenvalue weighted by atomic mass is 19.1. The molecule has 1 heterocycles. The fourth-order valence-corrected chi connectivity index (χ4v) is 1.18. The van der Waals surface area contributed by atoms with Crippen molar-refractivity contribution in [2.45, 2.75) is 13.0 Å². The molecule has 0 saturated carbocycles. The number of nitrogen functional groups attached to an aromatic ring is 1. The number of nitrogens with zero attached hydrogens (tertiary/aromatic N) is 3. The first kappa shape index (κ1) is 10.3. The molecule has 0 aliphatic carbocycles. The highest BCUT2D eigenvalue weighted by molar-refractivity contribution is 5.43. The molecule has 1 aromatic heterocycles. The second-order valence-corrected chi connectivity index (χ2v) is 3.21. The van der Waals surface area contributed by atoms with Crippen LogP contribution in [0.1, 0.15) is 18.9 Å². The van der Waals surface area contributed by atoms with E-state index in [0.29, 0.717) is 11.6 Å². The number of hydrogen-bond acceptors (Lipinski definition) is 5. The lowest BCUT2D eigenvalue weighted by molar-refractivity contribution is 0.215. The van der Waals surface area contributed by atoms with Crippen molar-refractivity contribution < 1.29 is 9.13 Å². The molecule has 16 heavy (non-hydrogen) atoms. The maximum absolute atomic E-state index is 13.1. The molecule has 2 aromatic rings. The molecule has 1 atom stereocenters. The Kier molecular flexibility index (Phi) is 2.67. The predicted molar refractivity (Wildman–Crippen MR) is 54.0 cm³/mol. The molecule has 3 N–H and O–H groups in total. The molecule has 1 aromatic carbocycles. The third-order valence-electron chi connectivity index (χ3n) is 2.01. The summed E-state index contributed by atoms with van der Waals surface area (Å²) in [5.41, 5.74) is 5.43. The number of anilines is 1. The Morgan fingerprint density at radius 3 is 2.94 bits per heavy atom. The summed E-state index contributed by atoms with van der Waals surface area (Å²) in [6.07, 6.45) is -0.415. The first-order valence-electron chi connectivity index (χ1n) is 4.62. The molecule has 0 saturated heterocycles. The van der Waals surface area contributed by atoms with Crippen molar-refractivity contribution in [1.82, 2.24) is 20.6 Å². The average molecular weight is 223 g/mol. The van der Waals surface area contributed by atoms with Gasteiger partial charge in [-0.05, 0) is 19.1 Å². The second kappa shape index (κ2) is 4.13. The van der Waals surface area contributed by atoms with Gasteiger partial charge in [-0.1, -0.05) is 5.21 Å². The van der Waals surface area contributed by atoms with E-state index in [4.69, 9.17) is 10.5 Å². The van der Waals surface area contributed by atoms with Crippen molar-refractivity contribution in [1.29, 1.82) is 0 Å². The van der Waals surface area contributed by atoms with Crippen LogP contribution in [-0.2, 0) is 0 Å². The van der Waals surface area contributed by atoms with Crippen molar-refractivity contribution in [3.05, 3.63) is 29.8 Å². The van der Waals surface area contributed by atoms with Crippen LogP contribution in [0.3, 0.4) is 0 Å². The minimum absolute atomic E-state index is 0.0829. The summed E-state index contributed by atoms with van der Waals surface area (Å²) in [5, 5.41) is 13.2. The van der Waals surface area contributed by atoms with Gasteiger partial charge in [-0.3, -0.25) is 0 Å². The Labute approximate surface area is 90.6 Å². The molecule has 0 spiro atoms. The lowest BCUT2D eigenvalue weighted by Crippen LogP contribution is -2.05. The monoisotopic (exact) mass is 223 g/mol. The Morgan fingerprint density at radius 1 is 1.50 bits per heavy atom. The first-order chi connectivity index (χ1) is 7.66. The molecule has 6 nitrogen and oxygen atoms in total.